The number of rotatable bonds is 2. The van der Waals surface area contributed by atoms with Crippen molar-refractivity contribution < 1.29 is 4.74 Å². The van der Waals surface area contributed by atoms with Crippen LogP contribution in [0.25, 0.3) is 0 Å². The normalized spacial score (nSPS) is 17.6. The molecule has 2 rings (SSSR count). The highest BCUT2D eigenvalue weighted by molar-refractivity contribution is 8.13. The molecule has 8 heteroatoms. The second-order valence-electron chi connectivity index (χ2n) is 3.74. The van der Waals surface area contributed by atoms with Crippen molar-refractivity contribution in [2.45, 2.75) is 0 Å². The second-order valence-corrected chi connectivity index (χ2v) is 4.52. The van der Waals surface area contributed by atoms with E-state index in [2.05, 4.69) is 25.1 Å². The Morgan fingerprint density at radius 1 is 1.32 bits per heavy atom. The first-order valence-electron chi connectivity index (χ1n) is 5.86. The van der Waals surface area contributed by atoms with E-state index in [-0.39, 0.29) is 5.84 Å². The maximum atomic E-state index is 5.79. The van der Waals surface area contributed by atoms with E-state index in [4.69, 9.17) is 10.5 Å². The summed E-state index contributed by atoms with van der Waals surface area (Å²) in [5.74, 6) is 0.592. The maximum Gasteiger partial charge on any atom is 0.196 e. The Hall–Kier alpha value is -1.67. The molecular formula is C11H16N6OS. The summed E-state index contributed by atoms with van der Waals surface area (Å²) < 4.78 is 5.30. The van der Waals surface area contributed by atoms with Crippen LogP contribution in [-0.4, -0.2) is 58.4 Å². The molecule has 102 valence electrons. The highest BCUT2D eigenvalue weighted by Gasteiger charge is 2.14. The Morgan fingerprint density at radius 3 is 2.63 bits per heavy atom. The lowest BCUT2D eigenvalue weighted by Gasteiger charge is -2.28. The molecule has 19 heavy (non-hydrogen) atoms. The molecule has 0 amide bonds. The van der Waals surface area contributed by atoms with Crippen molar-refractivity contribution in [2.24, 2.45) is 15.9 Å². The average Bonchev–Trinajstić information content (AvgIpc) is 2.49. The molecule has 1 aliphatic heterocycles. The molecule has 1 aromatic heterocycles. The number of nitrogens with zero attached hydrogens (tertiary/aromatic N) is 5. The van der Waals surface area contributed by atoms with E-state index in [0.29, 0.717) is 19.0 Å². The number of amidine groups is 2. The topological polar surface area (TPSA) is 89.0 Å². The largest absolute Gasteiger partial charge is 0.379 e. The quantitative estimate of drug-likeness (QED) is 0.471. The Kier molecular flexibility index (Phi) is 5.10. The van der Waals surface area contributed by atoms with Gasteiger partial charge in [-0.15, -0.1) is 10.2 Å². The number of aromatic nitrogens is 2. The number of nitrogens with two attached hydrogens (primary N) is 1. The smallest absolute Gasteiger partial charge is 0.196 e. The highest BCUT2D eigenvalue weighted by atomic mass is 32.2. The van der Waals surface area contributed by atoms with Crippen LogP contribution in [0.4, 0.5) is 0 Å². The number of morpholine rings is 1. The summed E-state index contributed by atoms with van der Waals surface area (Å²) in [6.45, 7) is 3.05. The molecule has 1 aliphatic rings. The lowest BCUT2D eigenvalue weighted by Crippen LogP contribution is -2.39. The van der Waals surface area contributed by atoms with Gasteiger partial charge in [0.2, 0.25) is 0 Å². The first-order valence-corrected chi connectivity index (χ1v) is 7.09. The lowest BCUT2D eigenvalue weighted by atomic mass is 10.5. The fourth-order valence-electron chi connectivity index (χ4n) is 1.56. The third-order valence-corrected chi connectivity index (χ3v) is 3.21. The summed E-state index contributed by atoms with van der Waals surface area (Å²) in [4.78, 5) is 10.2. The molecule has 0 unspecified atom stereocenters. The van der Waals surface area contributed by atoms with Crippen molar-refractivity contribution >= 4 is 22.8 Å². The molecule has 2 heterocycles. The summed E-state index contributed by atoms with van der Waals surface area (Å²) in [6.07, 6.45) is 5.19. The van der Waals surface area contributed by atoms with E-state index in [9.17, 15) is 0 Å². The van der Waals surface area contributed by atoms with Crippen LogP contribution in [0, 0.1) is 0 Å². The molecule has 1 aromatic rings. The van der Waals surface area contributed by atoms with E-state index in [1.807, 2.05) is 6.26 Å². The van der Waals surface area contributed by atoms with Crippen molar-refractivity contribution in [2.75, 3.05) is 32.6 Å². The van der Waals surface area contributed by atoms with Gasteiger partial charge in [0.1, 0.15) is 0 Å². The van der Waals surface area contributed by atoms with Gasteiger partial charge in [-0.05, 0) is 12.3 Å². The monoisotopic (exact) mass is 280 g/mol. The molecule has 0 spiro atoms. The average molecular weight is 280 g/mol. The SMILES string of the molecule is CS/C(=N\N=C(/N)c1ncccn1)N1CCOCC1. The summed E-state index contributed by atoms with van der Waals surface area (Å²) in [7, 11) is 0. The minimum absolute atomic E-state index is 0.209. The van der Waals surface area contributed by atoms with Gasteiger partial charge < -0.3 is 15.4 Å². The van der Waals surface area contributed by atoms with Gasteiger partial charge in [-0.1, -0.05) is 11.8 Å². The van der Waals surface area contributed by atoms with Gasteiger partial charge in [0.25, 0.3) is 0 Å². The predicted molar refractivity (Wildman–Crippen MR) is 76.1 cm³/mol. The Bertz CT molecular complexity index is 458. The standard InChI is InChI=1S/C11H16N6OS/c1-19-11(17-5-7-18-8-6-17)16-15-9(12)10-13-3-2-4-14-10/h2-4H,5-8H2,1H3,(H2,12,15)/b16-11-. The first-order chi connectivity index (χ1) is 9.31. The first kappa shape index (κ1) is 13.8. The molecule has 0 saturated carbocycles. The van der Waals surface area contributed by atoms with Gasteiger partial charge in [-0.2, -0.15) is 0 Å². The molecule has 7 nitrogen and oxygen atoms in total. The van der Waals surface area contributed by atoms with Crippen LogP contribution in [0.3, 0.4) is 0 Å². The van der Waals surface area contributed by atoms with Gasteiger partial charge in [0, 0.05) is 25.5 Å². The van der Waals surface area contributed by atoms with Gasteiger partial charge in [-0.25, -0.2) is 9.97 Å². The minimum Gasteiger partial charge on any atom is -0.379 e. The van der Waals surface area contributed by atoms with Crippen LogP contribution in [0.15, 0.2) is 28.7 Å². The third kappa shape index (κ3) is 3.90. The molecule has 1 fully saturated rings. The van der Waals surface area contributed by atoms with Crippen LogP contribution in [0.5, 0.6) is 0 Å². The van der Waals surface area contributed by atoms with Crippen LogP contribution >= 0.6 is 11.8 Å². The summed E-state index contributed by atoms with van der Waals surface area (Å²) in [6, 6.07) is 1.72. The van der Waals surface area contributed by atoms with Crippen molar-refractivity contribution in [1.82, 2.24) is 14.9 Å². The van der Waals surface area contributed by atoms with E-state index in [0.717, 1.165) is 18.3 Å². The summed E-state index contributed by atoms with van der Waals surface area (Å²) >= 11 is 1.53. The Labute approximate surface area is 116 Å². The van der Waals surface area contributed by atoms with Crippen LogP contribution in [0.1, 0.15) is 5.82 Å². The molecule has 0 bridgehead atoms. The molecule has 1 saturated heterocycles. The van der Waals surface area contributed by atoms with E-state index >= 15 is 0 Å². The number of hydrogen-bond donors (Lipinski definition) is 1. The van der Waals surface area contributed by atoms with Crippen LogP contribution in [-0.2, 0) is 4.74 Å². The maximum absolute atomic E-state index is 5.79. The number of hydrogen-bond acceptors (Lipinski definition) is 6. The lowest BCUT2D eigenvalue weighted by molar-refractivity contribution is 0.0693. The fraction of sp³-hybridized carbons (Fsp3) is 0.455. The van der Waals surface area contributed by atoms with Crippen molar-refractivity contribution in [3.8, 4) is 0 Å². The highest BCUT2D eigenvalue weighted by Crippen LogP contribution is 2.08. The van der Waals surface area contributed by atoms with Gasteiger partial charge in [0.15, 0.2) is 16.8 Å². The van der Waals surface area contributed by atoms with Crippen molar-refractivity contribution in [3.63, 3.8) is 0 Å². The molecular weight excluding hydrogens is 264 g/mol. The zero-order chi connectivity index (χ0) is 13.5. The van der Waals surface area contributed by atoms with Crippen LogP contribution in [0.2, 0.25) is 0 Å². The van der Waals surface area contributed by atoms with Gasteiger partial charge in [-0.3, -0.25) is 0 Å². The molecule has 0 atom stereocenters. The summed E-state index contributed by atoms with van der Waals surface area (Å²) in [5, 5.41) is 8.99. The fourth-order valence-corrected chi connectivity index (χ4v) is 2.12. The molecule has 0 radical (unpaired) electrons. The summed E-state index contributed by atoms with van der Waals surface area (Å²) in [5.41, 5.74) is 5.79. The van der Waals surface area contributed by atoms with Crippen molar-refractivity contribution in [1.29, 1.82) is 0 Å². The van der Waals surface area contributed by atoms with Gasteiger partial charge >= 0.3 is 0 Å². The predicted octanol–water partition coefficient (Wildman–Crippen LogP) is 0.148. The number of ether oxygens (including phenoxy) is 1. The van der Waals surface area contributed by atoms with Crippen molar-refractivity contribution in [3.05, 3.63) is 24.3 Å². The molecule has 0 aromatic carbocycles. The zero-order valence-corrected chi connectivity index (χ0v) is 11.5. The zero-order valence-electron chi connectivity index (χ0n) is 10.7. The van der Waals surface area contributed by atoms with E-state index in [1.165, 1.54) is 11.8 Å². The number of thioether (sulfide) groups is 1. The molecule has 2 N–H and O–H groups in total. The van der Waals surface area contributed by atoms with E-state index in [1.54, 1.807) is 18.5 Å². The van der Waals surface area contributed by atoms with E-state index < -0.39 is 0 Å². The minimum atomic E-state index is 0.209. The third-order valence-electron chi connectivity index (χ3n) is 2.50. The Balaban J connectivity index is 2.09. The molecule has 0 aliphatic carbocycles. The Morgan fingerprint density at radius 2 is 2.00 bits per heavy atom. The second kappa shape index (κ2) is 7.05. The van der Waals surface area contributed by atoms with Gasteiger partial charge in [0.05, 0.1) is 13.2 Å². The van der Waals surface area contributed by atoms with Crippen LogP contribution < -0.4 is 5.73 Å².